The number of hydrogen-bond acceptors (Lipinski definition) is 6. The number of rotatable bonds is 13. The van der Waals surface area contributed by atoms with Crippen LogP contribution >= 0.6 is 0 Å². The molecule has 4 N–H and O–H groups in total. The summed E-state index contributed by atoms with van der Waals surface area (Å²) in [5, 5.41) is 13.1. The summed E-state index contributed by atoms with van der Waals surface area (Å²) in [5.41, 5.74) is -1.05. The second kappa shape index (κ2) is 11.1. The van der Waals surface area contributed by atoms with Gasteiger partial charge in [-0.05, 0) is 119 Å². The lowest BCUT2D eigenvalue weighted by atomic mass is 10.1. The quantitative estimate of drug-likeness (QED) is 0.316. The molecular weight excluding hydrogens is 408 g/mol. The van der Waals surface area contributed by atoms with E-state index in [1.807, 2.05) is 41.5 Å². The van der Waals surface area contributed by atoms with Crippen LogP contribution in [0.5, 0.6) is 0 Å². The van der Waals surface area contributed by atoms with Crippen molar-refractivity contribution in [1.82, 2.24) is 21.3 Å². The number of carbonyl (C=O) groups excluding carboxylic acids is 2. The molecule has 0 aliphatic heterocycles. The number of hydrogen-bond donors (Lipinski definition) is 4. The summed E-state index contributed by atoms with van der Waals surface area (Å²) < 4.78 is 10.7. The molecule has 8 nitrogen and oxygen atoms in total. The van der Waals surface area contributed by atoms with Gasteiger partial charge in [0.25, 0.3) is 0 Å². The Morgan fingerprint density at radius 2 is 1.00 bits per heavy atom. The number of unbranched alkanes of at least 4 members (excludes halogenated alkanes) is 1. The largest absolute Gasteiger partial charge is 0.444 e. The molecule has 2 aliphatic carbocycles. The number of nitrogens with one attached hydrogen (secondary N) is 4. The highest BCUT2D eigenvalue weighted by Gasteiger charge is 2.45. The maximum Gasteiger partial charge on any atom is 0.408 e. The first-order chi connectivity index (χ1) is 14.8. The second-order valence-corrected chi connectivity index (χ2v) is 11.5. The van der Waals surface area contributed by atoms with Crippen LogP contribution in [0, 0.1) is 0 Å². The van der Waals surface area contributed by atoms with Gasteiger partial charge >= 0.3 is 12.2 Å². The van der Waals surface area contributed by atoms with E-state index >= 15 is 0 Å². The van der Waals surface area contributed by atoms with Crippen molar-refractivity contribution in [2.75, 3.05) is 26.2 Å². The first kappa shape index (κ1) is 26.7. The van der Waals surface area contributed by atoms with E-state index in [0.717, 1.165) is 77.5 Å². The van der Waals surface area contributed by atoms with Crippen LogP contribution in [-0.2, 0) is 9.47 Å². The molecule has 2 saturated carbocycles. The number of amides is 2. The maximum absolute atomic E-state index is 12.0. The van der Waals surface area contributed by atoms with Gasteiger partial charge in [0.05, 0.1) is 0 Å². The molecule has 0 radical (unpaired) electrons. The fourth-order valence-corrected chi connectivity index (χ4v) is 3.62. The van der Waals surface area contributed by atoms with Crippen molar-refractivity contribution >= 4 is 12.2 Å². The molecule has 2 aliphatic rings. The van der Waals surface area contributed by atoms with Crippen molar-refractivity contribution in [2.24, 2.45) is 0 Å². The molecule has 0 heterocycles. The Bertz CT molecular complexity index is 562. The molecule has 186 valence electrons. The van der Waals surface area contributed by atoms with Crippen LogP contribution in [0.25, 0.3) is 0 Å². The monoisotopic (exact) mass is 454 g/mol. The lowest BCUT2D eigenvalue weighted by Gasteiger charge is -2.23. The van der Waals surface area contributed by atoms with Crippen molar-refractivity contribution in [3.63, 3.8) is 0 Å². The van der Waals surface area contributed by atoms with Gasteiger partial charge in [-0.25, -0.2) is 9.59 Å². The highest BCUT2D eigenvalue weighted by molar-refractivity contribution is 5.69. The van der Waals surface area contributed by atoms with Crippen molar-refractivity contribution < 1.29 is 19.1 Å². The van der Waals surface area contributed by atoms with E-state index in [2.05, 4.69) is 21.3 Å². The Morgan fingerprint density at radius 1 is 0.656 bits per heavy atom. The van der Waals surface area contributed by atoms with Gasteiger partial charge in [0.1, 0.15) is 11.2 Å². The first-order valence-corrected chi connectivity index (χ1v) is 12.3. The summed E-state index contributed by atoms with van der Waals surface area (Å²) in [4.78, 5) is 23.9. The highest BCUT2D eigenvalue weighted by Crippen LogP contribution is 2.39. The fourth-order valence-electron chi connectivity index (χ4n) is 3.62. The predicted molar refractivity (Wildman–Crippen MR) is 127 cm³/mol. The van der Waals surface area contributed by atoms with Gasteiger partial charge in [-0.1, -0.05) is 0 Å². The van der Waals surface area contributed by atoms with E-state index < -0.39 is 11.2 Å². The van der Waals surface area contributed by atoms with Crippen LogP contribution < -0.4 is 21.3 Å². The molecule has 8 heteroatoms. The molecule has 0 aromatic rings. The van der Waals surface area contributed by atoms with E-state index in [0.29, 0.717) is 0 Å². The van der Waals surface area contributed by atoms with Gasteiger partial charge in [-0.2, -0.15) is 0 Å². The van der Waals surface area contributed by atoms with E-state index in [1.54, 1.807) is 0 Å². The van der Waals surface area contributed by atoms with Crippen LogP contribution in [0.3, 0.4) is 0 Å². The van der Waals surface area contributed by atoms with Gasteiger partial charge in [-0.15, -0.1) is 0 Å². The van der Waals surface area contributed by atoms with Crippen LogP contribution in [0.15, 0.2) is 0 Å². The Balaban J connectivity index is 1.43. The van der Waals surface area contributed by atoms with Gasteiger partial charge in [0.2, 0.25) is 0 Å². The SMILES string of the molecule is CC(C)(C)OC(=O)NC1(CCNCCCCNCCC2(NC(=O)OC(C)(C)C)CC2)CC1. The first-order valence-electron chi connectivity index (χ1n) is 12.3. The smallest absolute Gasteiger partial charge is 0.408 e. The number of carbonyl (C=O) groups is 2. The molecule has 0 bridgehead atoms. The van der Waals surface area contributed by atoms with Crippen LogP contribution in [-0.4, -0.2) is 60.6 Å². The van der Waals surface area contributed by atoms with Gasteiger partial charge in [-0.3, -0.25) is 0 Å². The molecule has 2 fully saturated rings. The standard InChI is InChI=1S/C24H46N4O4/c1-21(2,3)31-19(29)27-23(9-10-23)13-17-25-15-7-8-16-26-18-14-24(11-12-24)28-20(30)32-22(4,5)6/h25-26H,7-18H2,1-6H3,(H,27,29)(H,28,30). The van der Waals surface area contributed by atoms with Crippen molar-refractivity contribution in [3.05, 3.63) is 0 Å². The molecule has 0 spiro atoms. The normalized spacial score (nSPS) is 18.6. The van der Waals surface area contributed by atoms with E-state index in [1.165, 1.54) is 0 Å². The molecule has 0 unspecified atom stereocenters. The molecule has 0 aromatic carbocycles. The summed E-state index contributed by atoms with van der Waals surface area (Å²) in [6.07, 6.45) is 7.61. The average Bonchev–Trinajstić information content (AvgIpc) is 3.52. The van der Waals surface area contributed by atoms with Crippen molar-refractivity contribution in [1.29, 1.82) is 0 Å². The zero-order valence-corrected chi connectivity index (χ0v) is 21.1. The lowest BCUT2D eigenvalue weighted by Crippen LogP contribution is -2.42. The molecule has 32 heavy (non-hydrogen) atoms. The Labute approximate surface area is 194 Å². The fraction of sp³-hybridized carbons (Fsp3) is 0.917. The van der Waals surface area contributed by atoms with E-state index in [4.69, 9.17) is 9.47 Å². The predicted octanol–water partition coefficient (Wildman–Crippen LogP) is 3.84. The van der Waals surface area contributed by atoms with Crippen molar-refractivity contribution in [3.8, 4) is 0 Å². The highest BCUT2D eigenvalue weighted by atomic mass is 16.6. The van der Waals surface area contributed by atoms with Crippen molar-refractivity contribution in [2.45, 2.75) is 115 Å². The maximum atomic E-state index is 12.0. The Morgan fingerprint density at radius 3 is 1.28 bits per heavy atom. The minimum Gasteiger partial charge on any atom is -0.444 e. The molecular formula is C24H46N4O4. The third kappa shape index (κ3) is 11.4. The minimum atomic E-state index is -0.458. The zero-order valence-electron chi connectivity index (χ0n) is 21.1. The van der Waals surface area contributed by atoms with Gasteiger partial charge in [0.15, 0.2) is 0 Å². The summed E-state index contributed by atoms with van der Waals surface area (Å²) in [6.45, 7) is 15.1. The summed E-state index contributed by atoms with van der Waals surface area (Å²) in [5.74, 6) is 0. The lowest BCUT2D eigenvalue weighted by molar-refractivity contribution is 0.0481. The zero-order chi connectivity index (χ0) is 23.9. The van der Waals surface area contributed by atoms with Crippen LogP contribution in [0.1, 0.15) is 92.9 Å². The summed E-state index contributed by atoms with van der Waals surface area (Å²) >= 11 is 0. The summed E-state index contributed by atoms with van der Waals surface area (Å²) in [6, 6.07) is 0. The van der Waals surface area contributed by atoms with E-state index in [-0.39, 0.29) is 23.3 Å². The molecule has 0 aromatic heterocycles. The second-order valence-electron chi connectivity index (χ2n) is 11.5. The molecule has 0 saturated heterocycles. The molecule has 0 atom stereocenters. The summed E-state index contributed by atoms with van der Waals surface area (Å²) in [7, 11) is 0. The average molecular weight is 455 g/mol. The Kier molecular flexibility index (Phi) is 9.23. The number of ether oxygens (including phenoxy) is 2. The van der Waals surface area contributed by atoms with Gasteiger partial charge in [0, 0.05) is 11.1 Å². The van der Waals surface area contributed by atoms with Gasteiger partial charge < -0.3 is 30.7 Å². The molecule has 2 rings (SSSR count). The van der Waals surface area contributed by atoms with Crippen LogP contribution in [0.2, 0.25) is 0 Å². The number of alkyl carbamates (subject to hydrolysis) is 2. The van der Waals surface area contributed by atoms with Crippen LogP contribution in [0.4, 0.5) is 9.59 Å². The minimum absolute atomic E-state index is 0.0665. The topological polar surface area (TPSA) is 101 Å². The Hall–Kier alpha value is -1.54. The van der Waals surface area contributed by atoms with E-state index in [9.17, 15) is 9.59 Å². The third-order valence-electron chi connectivity index (χ3n) is 5.76. The molecule has 2 amide bonds. The third-order valence-corrected chi connectivity index (χ3v) is 5.76.